The van der Waals surface area contributed by atoms with E-state index < -0.39 is 6.09 Å². The van der Waals surface area contributed by atoms with Gasteiger partial charge >= 0.3 is 6.09 Å². The number of ether oxygens (including phenoxy) is 1. The fourth-order valence-corrected chi connectivity index (χ4v) is 3.53. The highest BCUT2D eigenvalue weighted by Crippen LogP contribution is 2.28. The molecule has 0 radical (unpaired) electrons. The molecular weight excluding hydrogens is 324 g/mol. The number of pyridine rings is 1. The van der Waals surface area contributed by atoms with Crippen LogP contribution in [0, 0.1) is 5.92 Å². The lowest BCUT2D eigenvalue weighted by Crippen LogP contribution is -2.51. The number of fused-ring (bicyclic) bond motifs is 4. The fourth-order valence-electron chi connectivity index (χ4n) is 3.53. The van der Waals surface area contributed by atoms with Gasteiger partial charge < -0.3 is 19.9 Å². The van der Waals surface area contributed by atoms with Gasteiger partial charge in [0.05, 0.1) is 7.11 Å². The molecule has 25 heavy (non-hydrogen) atoms. The number of carbonyl (C=O) groups is 3. The van der Waals surface area contributed by atoms with Crippen LogP contribution < -0.4 is 5.32 Å². The maximum absolute atomic E-state index is 12.7. The number of nitrogens with zero attached hydrogens (tertiary/aromatic N) is 3. The lowest BCUT2D eigenvalue weighted by molar-refractivity contribution is -0.134. The van der Waals surface area contributed by atoms with E-state index in [1.54, 1.807) is 34.2 Å². The standard InChI is InChI=1S/C17H22N4O4/c1-25-17(24)19-8-15(22)21-10-12-5-6-13(21)11-20(9-12)16(23)14-4-2-3-7-18-14/h2-4,7,12-13H,5-6,8-11H2,1H3,(H,19,24)/t12-,13+/m0/s1. The number of methoxy groups -OCH3 is 1. The highest BCUT2D eigenvalue weighted by Gasteiger charge is 2.38. The first-order valence-electron chi connectivity index (χ1n) is 8.40. The molecule has 0 spiro atoms. The van der Waals surface area contributed by atoms with E-state index in [0.717, 1.165) is 12.8 Å². The van der Waals surface area contributed by atoms with Crippen molar-refractivity contribution in [3.63, 3.8) is 0 Å². The van der Waals surface area contributed by atoms with Gasteiger partial charge in [0.25, 0.3) is 5.91 Å². The second kappa shape index (κ2) is 7.50. The van der Waals surface area contributed by atoms with Gasteiger partial charge in [0, 0.05) is 31.9 Å². The highest BCUT2D eigenvalue weighted by atomic mass is 16.5. The summed E-state index contributed by atoms with van der Waals surface area (Å²) in [6.45, 7) is 1.64. The Morgan fingerprint density at radius 1 is 1.24 bits per heavy atom. The van der Waals surface area contributed by atoms with Gasteiger partial charge in [-0.05, 0) is 30.9 Å². The van der Waals surface area contributed by atoms with Crippen molar-refractivity contribution in [2.45, 2.75) is 18.9 Å². The molecule has 0 aromatic carbocycles. The monoisotopic (exact) mass is 346 g/mol. The summed E-state index contributed by atoms with van der Waals surface area (Å²) >= 11 is 0. The molecule has 3 amide bonds. The van der Waals surface area contributed by atoms with Crippen LogP contribution in [-0.2, 0) is 9.53 Å². The lowest BCUT2D eigenvalue weighted by atomic mass is 9.95. The largest absolute Gasteiger partial charge is 0.453 e. The molecule has 134 valence electrons. The predicted octanol–water partition coefficient (Wildman–Crippen LogP) is 0.501. The summed E-state index contributed by atoms with van der Waals surface area (Å²) in [6.07, 6.45) is 2.83. The van der Waals surface area contributed by atoms with E-state index in [1.165, 1.54) is 7.11 Å². The maximum atomic E-state index is 12.7. The number of rotatable bonds is 3. The third-order valence-electron chi connectivity index (χ3n) is 4.77. The Kier molecular flexibility index (Phi) is 5.16. The Morgan fingerprint density at radius 2 is 2.08 bits per heavy atom. The zero-order valence-corrected chi connectivity index (χ0v) is 14.2. The van der Waals surface area contributed by atoms with Crippen molar-refractivity contribution in [1.29, 1.82) is 0 Å². The summed E-state index contributed by atoms with van der Waals surface area (Å²) < 4.78 is 4.49. The van der Waals surface area contributed by atoms with Crippen LogP contribution in [0.1, 0.15) is 23.3 Å². The Labute approximate surface area is 146 Å². The Balaban J connectivity index is 1.67. The smallest absolute Gasteiger partial charge is 0.407 e. The van der Waals surface area contributed by atoms with Crippen LogP contribution >= 0.6 is 0 Å². The summed E-state index contributed by atoms with van der Waals surface area (Å²) in [5.74, 6) is 0.000193. The van der Waals surface area contributed by atoms with E-state index in [4.69, 9.17) is 0 Å². The molecule has 3 aliphatic heterocycles. The lowest BCUT2D eigenvalue weighted by Gasteiger charge is -2.36. The topological polar surface area (TPSA) is 91.8 Å². The van der Waals surface area contributed by atoms with Crippen molar-refractivity contribution in [3.8, 4) is 0 Å². The van der Waals surface area contributed by atoms with Gasteiger partial charge in [-0.1, -0.05) is 6.07 Å². The minimum atomic E-state index is -0.625. The normalized spacial score (nSPS) is 22.3. The quantitative estimate of drug-likeness (QED) is 0.860. The number of nitrogens with one attached hydrogen (secondary N) is 1. The average Bonchev–Trinajstić information content (AvgIpc) is 2.97. The molecule has 3 fully saturated rings. The second-order valence-electron chi connectivity index (χ2n) is 6.41. The van der Waals surface area contributed by atoms with Crippen LogP contribution in [0.15, 0.2) is 24.4 Å². The van der Waals surface area contributed by atoms with E-state index >= 15 is 0 Å². The zero-order valence-electron chi connectivity index (χ0n) is 14.2. The molecule has 1 aromatic heterocycles. The summed E-state index contributed by atoms with van der Waals surface area (Å²) in [5.41, 5.74) is 0.425. The number of carbonyl (C=O) groups excluding carboxylic acids is 3. The van der Waals surface area contributed by atoms with Gasteiger partial charge in [0.2, 0.25) is 5.91 Å². The van der Waals surface area contributed by atoms with E-state index in [-0.39, 0.29) is 30.3 Å². The minimum Gasteiger partial charge on any atom is -0.453 e. The number of hydrogen-bond acceptors (Lipinski definition) is 5. The van der Waals surface area contributed by atoms with Crippen molar-refractivity contribution in [2.24, 2.45) is 5.92 Å². The van der Waals surface area contributed by atoms with E-state index in [2.05, 4.69) is 15.0 Å². The van der Waals surface area contributed by atoms with E-state index in [9.17, 15) is 14.4 Å². The van der Waals surface area contributed by atoms with Crippen molar-refractivity contribution < 1.29 is 19.1 Å². The second-order valence-corrected chi connectivity index (χ2v) is 6.41. The average molecular weight is 346 g/mol. The SMILES string of the molecule is COC(=O)NCC(=O)N1C[C@H]2CC[C@@H]1CN(C(=O)c1ccccn1)C2. The predicted molar refractivity (Wildman–Crippen MR) is 88.8 cm³/mol. The first-order chi connectivity index (χ1) is 12.1. The summed E-state index contributed by atoms with van der Waals surface area (Å²) in [4.78, 5) is 44.0. The number of aromatic nitrogens is 1. The molecule has 0 unspecified atom stereocenters. The van der Waals surface area contributed by atoms with Gasteiger partial charge in [0.15, 0.2) is 0 Å². The fraction of sp³-hybridized carbons (Fsp3) is 0.529. The van der Waals surface area contributed by atoms with E-state index in [1.807, 2.05) is 0 Å². The number of amides is 3. The van der Waals surface area contributed by atoms with Gasteiger partial charge in [-0.2, -0.15) is 0 Å². The number of piperidine rings is 1. The highest BCUT2D eigenvalue weighted by molar-refractivity contribution is 5.92. The Hall–Kier alpha value is -2.64. The van der Waals surface area contributed by atoms with Crippen LogP contribution in [0.25, 0.3) is 0 Å². The molecule has 0 saturated carbocycles. The molecule has 8 nitrogen and oxygen atoms in total. The molecule has 1 aromatic rings. The Morgan fingerprint density at radius 3 is 2.80 bits per heavy atom. The molecule has 2 bridgehead atoms. The number of hydrogen-bond donors (Lipinski definition) is 1. The van der Waals surface area contributed by atoms with Crippen molar-refractivity contribution in [3.05, 3.63) is 30.1 Å². The molecular formula is C17H22N4O4. The van der Waals surface area contributed by atoms with Crippen LogP contribution in [0.2, 0.25) is 0 Å². The molecule has 3 aliphatic rings. The minimum absolute atomic E-state index is 0.0293. The maximum Gasteiger partial charge on any atom is 0.407 e. The molecule has 4 rings (SSSR count). The van der Waals surface area contributed by atoms with Crippen molar-refractivity contribution in [2.75, 3.05) is 33.3 Å². The molecule has 1 N–H and O–H groups in total. The summed E-state index contributed by atoms with van der Waals surface area (Å²) in [6, 6.07) is 5.25. The first kappa shape index (κ1) is 17.2. The summed E-state index contributed by atoms with van der Waals surface area (Å²) in [7, 11) is 1.26. The third-order valence-corrected chi connectivity index (χ3v) is 4.77. The molecule has 3 saturated heterocycles. The zero-order chi connectivity index (χ0) is 17.8. The Bertz CT molecular complexity index is 651. The van der Waals surface area contributed by atoms with Crippen molar-refractivity contribution >= 4 is 17.9 Å². The molecule has 2 atom stereocenters. The van der Waals surface area contributed by atoms with Gasteiger partial charge in [-0.3, -0.25) is 14.6 Å². The van der Waals surface area contributed by atoms with E-state index in [0.29, 0.717) is 25.3 Å². The molecule has 8 heteroatoms. The van der Waals surface area contributed by atoms with Gasteiger partial charge in [-0.25, -0.2) is 4.79 Å². The summed E-state index contributed by atoms with van der Waals surface area (Å²) in [5, 5.41) is 2.43. The van der Waals surface area contributed by atoms with Crippen LogP contribution in [0.3, 0.4) is 0 Å². The molecule has 0 aliphatic carbocycles. The first-order valence-corrected chi connectivity index (χ1v) is 8.40. The van der Waals surface area contributed by atoms with Crippen LogP contribution in [-0.4, -0.2) is 72.0 Å². The third kappa shape index (κ3) is 3.89. The number of alkyl carbamates (subject to hydrolysis) is 1. The van der Waals surface area contributed by atoms with Crippen LogP contribution in [0.5, 0.6) is 0 Å². The van der Waals surface area contributed by atoms with Crippen molar-refractivity contribution in [1.82, 2.24) is 20.1 Å². The van der Waals surface area contributed by atoms with Gasteiger partial charge in [-0.15, -0.1) is 0 Å². The van der Waals surface area contributed by atoms with Gasteiger partial charge in [0.1, 0.15) is 12.2 Å². The van der Waals surface area contributed by atoms with Crippen LogP contribution in [0.4, 0.5) is 4.79 Å². The molecule has 4 heterocycles.